The van der Waals surface area contributed by atoms with Crippen LogP contribution in [-0.4, -0.2) is 25.9 Å². The molecule has 0 heterocycles. The van der Waals surface area contributed by atoms with Gasteiger partial charge in [0.2, 0.25) is 5.91 Å². The normalized spacial score (nSPS) is 10.2. The van der Waals surface area contributed by atoms with Crippen molar-refractivity contribution in [3.05, 3.63) is 17.7 Å². The van der Waals surface area contributed by atoms with Crippen LogP contribution in [-0.2, 0) is 4.79 Å². The number of anilines is 1. The number of carbonyl (C=O) groups is 2. The Morgan fingerprint density at radius 1 is 1.11 bits per heavy atom. The first-order valence-corrected chi connectivity index (χ1v) is 5.98. The monoisotopic (exact) mass is 265 g/mol. The fraction of sp³-hybridized carbons (Fsp3) is 0.429. The summed E-state index contributed by atoms with van der Waals surface area (Å²) >= 11 is 0. The Morgan fingerprint density at radius 3 is 2.05 bits per heavy atom. The van der Waals surface area contributed by atoms with Crippen molar-refractivity contribution < 1.29 is 19.1 Å². The van der Waals surface area contributed by atoms with Crippen molar-refractivity contribution in [2.45, 2.75) is 20.8 Å². The van der Waals surface area contributed by atoms with Crippen molar-refractivity contribution in [1.29, 1.82) is 0 Å². The van der Waals surface area contributed by atoms with Crippen molar-refractivity contribution in [3.8, 4) is 11.5 Å². The van der Waals surface area contributed by atoms with Gasteiger partial charge in [-0.05, 0) is 13.0 Å². The molecule has 0 saturated heterocycles. The highest BCUT2D eigenvalue weighted by molar-refractivity contribution is 6.04. The number of ether oxygens (including phenoxy) is 2. The minimum Gasteiger partial charge on any atom is -0.493 e. The Hall–Kier alpha value is -2.04. The maximum absolute atomic E-state index is 11.7. The van der Waals surface area contributed by atoms with Crippen molar-refractivity contribution in [1.82, 2.24) is 0 Å². The van der Waals surface area contributed by atoms with Gasteiger partial charge in [-0.15, -0.1) is 0 Å². The van der Waals surface area contributed by atoms with E-state index in [9.17, 15) is 9.59 Å². The first-order valence-electron chi connectivity index (χ1n) is 5.98. The van der Waals surface area contributed by atoms with Crippen molar-refractivity contribution in [2.24, 2.45) is 5.92 Å². The number of amides is 1. The third-order valence-electron chi connectivity index (χ3n) is 2.69. The zero-order chi connectivity index (χ0) is 14.6. The second kappa shape index (κ2) is 6.22. The highest BCUT2D eigenvalue weighted by Crippen LogP contribution is 2.33. The number of benzene rings is 1. The van der Waals surface area contributed by atoms with E-state index in [1.807, 2.05) is 0 Å². The number of nitrogens with one attached hydrogen (secondary N) is 1. The molecule has 0 unspecified atom stereocenters. The lowest BCUT2D eigenvalue weighted by atomic mass is 10.1. The number of Topliss-reactive ketones (excluding diaryl/α,β-unsaturated/α-hetero) is 1. The van der Waals surface area contributed by atoms with Gasteiger partial charge < -0.3 is 14.8 Å². The molecule has 0 atom stereocenters. The Bertz CT molecular complexity index is 494. The van der Waals surface area contributed by atoms with E-state index in [2.05, 4.69) is 5.32 Å². The van der Waals surface area contributed by atoms with Crippen LogP contribution in [0.15, 0.2) is 12.1 Å². The molecular weight excluding hydrogens is 246 g/mol. The van der Waals surface area contributed by atoms with Gasteiger partial charge in [0.25, 0.3) is 0 Å². The van der Waals surface area contributed by atoms with Gasteiger partial charge in [-0.2, -0.15) is 0 Å². The van der Waals surface area contributed by atoms with Crippen LogP contribution in [0.3, 0.4) is 0 Å². The van der Waals surface area contributed by atoms with Crippen LogP contribution in [0.25, 0.3) is 0 Å². The average Bonchev–Trinajstić information content (AvgIpc) is 2.37. The Labute approximate surface area is 112 Å². The Balaban J connectivity index is 3.27. The Kier molecular flexibility index (Phi) is 4.92. The van der Waals surface area contributed by atoms with E-state index < -0.39 is 0 Å². The molecule has 0 aliphatic carbocycles. The highest BCUT2D eigenvalue weighted by Gasteiger charge is 2.17. The third kappa shape index (κ3) is 3.47. The van der Waals surface area contributed by atoms with Crippen LogP contribution in [0.5, 0.6) is 11.5 Å². The summed E-state index contributed by atoms with van der Waals surface area (Å²) in [4.78, 5) is 23.4. The van der Waals surface area contributed by atoms with Crippen LogP contribution >= 0.6 is 0 Å². The molecule has 1 aromatic carbocycles. The molecular formula is C14H19NO4. The molecule has 0 spiro atoms. The number of rotatable bonds is 5. The average molecular weight is 265 g/mol. The van der Waals surface area contributed by atoms with Gasteiger partial charge in [0.15, 0.2) is 17.3 Å². The number of carbonyl (C=O) groups excluding carboxylic acids is 2. The first kappa shape index (κ1) is 15.0. The number of hydrogen-bond acceptors (Lipinski definition) is 4. The van der Waals surface area contributed by atoms with E-state index in [0.29, 0.717) is 22.7 Å². The number of hydrogen-bond donors (Lipinski definition) is 1. The molecule has 0 aromatic heterocycles. The SMILES string of the molecule is COc1cc(NC(=O)C(C)C)c(C(C)=O)cc1OC. The minimum atomic E-state index is -0.173. The lowest BCUT2D eigenvalue weighted by Crippen LogP contribution is -2.19. The van der Waals surface area contributed by atoms with Gasteiger partial charge in [0.1, 0.15) is 0 Å². The second-order valence-corrected chi connectivity index (χ2v) is 4.45. The topological polar surface area (TPSA) is 64.6 Å². The number of ketones is 1. The zero-order valence-electron chi connectivity index (χ0n) is 11.9. The zero-order valence-corrected chi connectivity index (χ0v) is 11.9. The first-order chi connectivity index (χ1) is 8.90. The molecule has 104 valence electrons. The summed E-state index contributed by atoms with van der Waals surface area (Å²) in [5.74, 6) is 0.435. The van der Waals surface area contributed by atoms with Crippen molar-refractivity contribution in [2.75, 3.05) is 19.5 Å². The summed E-state index contributed by atoms with van der Waals surface area (Å²) in [5, 5.41) is 2.72. The van der Waals surface area contributed by atoms with E-state index in [1.165, 1.54) is 21.1 Å². The van der Waals surface area contributed by atoms with Gasteiger partial charge in [0, 0.05) is 17.5 Å². The lowest BCUT2D eigenvalue weighted by molar-refractivity contribution is -0.118. The standard InChI is InChI=1S/C14H19NO4/c1-8(2)14(17)15-11-7-13(19-5)12(18-4)6-10(11)9(3)16/h6-8H,1-5H3,(H,15,17). The van der Waals surface area contributed by atoms with E-state index in [-0.39, 0.29) is 17.6 Å². The van der Waals surface area contributed by atoms with E-state index in [1.54, 1.807) is 26.0 Å². The molecule has 5 heteroatoms. The Morgan fingerprint density at radius 2 is 1.63 bits per heavy atom. The van der Waals surface area contributed by atoms with Crippen LogP contribution in [0, 0.1) is 5.92 Å². The van der Waals surface area contributed by atoms with Crippen LogP contribution in [0.1, 0.15) is 31.1 Å². The molecule has 1 aromatic rings. The molecule has 0 bridgehead atoms. The quantitative estimate of drug-likeness (QED) is 0.831. The fourth-order valence-electron chi connectivity index (χ4n) is 1.55. The summed E-state index contributed by atoms with van der Waals surface area (Å²) in [6.07, 6.45) is 0. The molecule has 0 aliphatic heterocycles. The van der Waals surface area contributed by atoms with E-state index in [4.69, 9.17) is 9.47 Å². The second-order valence-electron chi connectivity index (χ2n) is 4.45. The predicted molar refractivity (Wildman–Crippen MR) is 73.0 cm³/mol. The van der Waals surface area contributed by atoms with Gasteiger partial charge >= 0.3 is 0 Å². The fourth-order valence-corrected chi connectivity index (χ4v) is 1.55. The molecule has 0 fully saturated rings. The van der Waals surface area contributed by atoms with Crippen LogP contribution < -0.4 is 14.8 Å². The molecule has 0 aliphatic rings. The highest BCUT2D eigenvalue weighted by atomic mass is 16.5. The minimum absolute atomic E-state index is 0.153. The lowest BCUT2D eigenvalue weighted by Gasteiger charge is -2.15. The summed E-state index contributed by atoms with van der Waals surface area (Å²) in [5.41, 5.74) is 0.829. The smallest absolute Gasteiger partial charge is 0.226 e. The van der Waals surface area contributed by atoms with Gasteiger partial charge in [0.05, 0.1) is 19.9 Å². The van der Waals surface area contributed by atoms with Gasteiger partial charge in [-0.1, -0.05) is 13.8 Å². The summed E-state index contributed by atoms with van der Waals surface area (Å²) < 4.78 is 10.3. The molecule has 19 heavy (non-hydrogen) atoms. The molecule has 5 nitrogen and oxygen atoms in total. The largest absolute Gasteiger partial charge is 0.493 e. The van der Waals surface area contributed by atoms with Crippen LogP contribution in [0.2, 0.25) is 0 Å². The predicted octanol–water partition coefficient (Wildman–Crippen LogP) is 2.50. The summed E-state index contributed by atoms with van der Waals surface area (Å²) in [6, 6.07) is 3.16. The summed E-state index contributed by atoms with van der Waals surface area (Å²) in [6.45, 7) is 5.00. The van der Waals surface area contributed by atoms with E-state index in [0.717, 1.165) is 0 Å². The van der Waals surface area contributed by atoms with Crippen molar-refractivity contribution in [3.63, 3.8) is 0 Å². The number of methoxy groups -OCH3 is 2. The molecule has 0 saturated carbocycles. The molecule has 1 N–H and O–H groups in total. The maximum Gasteiger partial charge on any atom is 0.226 e. The molecule has 1 rings (SSSR count). The van der Waals surface area contributed by atoms with Crippen molar-refractivity contribution >= 4 is 17.4 Å². The van der Waals surface area contributed by atoms with Gasteiger partial charge in [-0.25, -0.2) is 0 Å². The maximum atomic E-state index is 11.7. The van der Waals surface area contributed by atoms with Gasteiger partial charge in [-0.3, -0.25) is 9.59 Å². The molecule has 0 radical (unpaired) electrons. The molecule has 1 amide bonds. The summed E-state index contributed by atoms with van der Waals surface area (Å²) in [7, 11) is 2.99. The van der Waals surface area contributed by atoms with Crippen LogP contribution in [0.4, 0.5) is 5.69 Å². The third-order valence-corrected chi connectivity index (χ3v) is 2.69. The van der Waals surface area contributed by atoms with E-state index >= 15 is 0 Å².